The van der Waals surface area contributed by atoms with Gasteiger partial charge in [-0.3, -0.25) is 4.79 Å². The average Bonchev–Trinajstić information content (AvgIpc) is 2.49. The summed E-state index contributed by atoms with van der Waals surface area (Å²) in [5.74, 6) is -0.972. The van der Waals surface area contributed by atoms with Crippen molar-refractivity contribution in [2.75, 3.05) is 14.2 Å². The van der Waals surface area contributed by atoms with E-state index in [1.165, 1.54) is 12.0 Å². The maximum atomic E-state index is 12.0. The van der Waals surface area contributed by atoms with Gasteiger partial charge in [0.25, 0.3) is 0 Å². The Kier molecular flexibility index (Phi) is 6.68. The van der Waals surface area contributed by atoms with Crippen LogP contribution in [-0.2, 0) is 20.9 Å². The van der Waals surface area contributed by atoms with Crippen molar-refractivity contribution < 1.29 is 24.2 Å². The highest BCUT2D eigenvalue weighted by atomic mass is 16.6. The molecule has 1 rings (SSSR count). The van der Waals surface area contributed by atoms with Crippen LogP contribution in [0, 0.1) is 0 Å². The van der Waals surface area contributed by atoms with Crippen molar-refractivity contribution in [3.63, 3.8) is 0 Å². The number of nitrogens with zero attached hydrogens (tertiary/aromatic N) is 1. The first-order valence-electron chi connectivity index (χ1n) is 6.63. The number of ether oxygens (including phenoxy) is 2. The number of methoxy groups -OCH3 is 1. The second-order valence-corrected chi connectivity index (χ2v) is 4.76. The number of amides is 1. The van der Waals surface area contributed by atoms with Gasteiger partial charge in [-0.1, -0.05) is 30.3 Å². The summed E-state index contributed by atoms with van der Waals surface area (Å²) >= 11 is 0. The Balaban J connectivity index is 2.54. The van der Waals surface area contributed by atoms with E-state index in [2.05, 4.69) is 0 Å². The molecule has 0 spiro atoms. The van der Waals surface area contributed by atoms with Crippen LogP contribution in [0.3, 0.4) is 0 Å². The number of hydrogen-bond donors (Lipinski definition) is 1. The van der Waals surface area contributed by atoms with E-state index in [1.807, 2.05) is 30.3 Å². The monoisotopic (exact) mass is 295 g/mol. The van der Waals surface area contributed by atoms with E-state index >= 15 is 0 Å². The van der Waals surface area contributed by atoms with E-state index < -0.39 is 24.2 Å². The van der Waals surface area contributed by atoms with Crippen LogP contribution in [0.5, 0.6) is 0 Å². The Morgan fingerprint density at radius 3 is 2.43 bits per heavy atom. The third-order valence-electron chi connectivity index (χ3n) is 3.32. The number of benzene rings is 1. The molecule has 1 N–H and O–H groups in total. The molecule has 0 aliphatic heterocycles. The number of rotatable bonds is 7. The smallest absolute Gasteiger partial charge is 0.410 e. The number of carbonyl (C=O) groups excluding carboxylic acids is 1. The zero-order valence-electron chi connectivity index (χ0n) is 12.5. The van der Waals surface area contributed by atoms with E-state index in [9.17, 15) is 9.59 Å². The average molecular weight is 295 g/mol. The summed E-state index contributed by atoms with van der Waals surface area (Å²) in [4.78, 5) is 24.1. The zero-order chi connectivity index (χ0) is 15.8. The van der Waals surface area contributed by atoms with E-state index in [0.29, 0.717) is 0 Å². The largest absolute Gasteiger partial charge is 0.481 e. The van der Waals surface area contributed by atoms with Crippen LogP contribution < -0.4 is 0 Å². The van der Waals surface area contributed by atoms with Crippen LogP contribution >= 0.6 is 0 Å². The Labute approximate surface area is 124 Å². The Morgan fingerprint density at radius 1 is 1.29 bits per heavy atom. The number of carboxylic acids is 1. The topological polar surface area (TPSA) is 76.1 Å². The summed E-state index contributed by atoms with van der Waals surface area (Å²) in [5.41, 5.74) is 0.890. The van der Waals surface area contributed by atoms with E-state index in [-0.39, 0.29) is 13.0 Å². The molecule has 21 heavy (non-hydrogen) atoms. The molecule has 0 aliphatic carbocycles. The first-order chi connectivity index (χ1) is 9.95. The first-order valence-corrected chi connectivity index (χ1v) is 6.63. The maximum absolute atomic E-state index is 12.0. The number of hydrogen-bond acceptors (Lipinski definition) is 4. The SMILES string of the molecule is CO[C@H](CC(=O)O)[C@H](C)N(C)C(=O)OCc1ccccc1. The maximum Gasteiger partial charge on any atom is 0.410 e. The second kappa shape index (κ2) is 8.26. The molecule has 0 aliphatic rings. The lowest BCUT2D eigenvalue weighted by atomic mass is 10.1. The number of carbonyl (C=O) groups is 2. The van der Waals surface area contributed by atoms with Crippen molar-refractivity contribution in [1.82, 2.24) is 4.90 Å². The molecule has 0 aromatic heterocycles. The summed E-state index contributed by atoms with van der Waals surface area (Å²) in [7, 11) is 2.99. The molecule has 0 saturated heterocycles. The second-order valence-electron chi connectivity index (χ2n) is 4.76. The summed E-state index contributed by atoms with van der Waals surface area (Å²) in [6.45, 7) is 1.90. The van der Waals surface area contributed by atoms with Gasteiger partial charge >= 0.3 is 12.1 Å². The van der Waals surface area contributed by atoms with Crippen LogP contribution in [-0.4, -0.2) is 48.4 Å². The fourth-order valence-corrected chi connectivity index (χ4v) is 1.86. The molecular weight excluding hydrogens is 274 g/mol. The van der Waals surface area contributed by atoms with Crippen LogP contribution in [0.25, 0.3) is 0 Å². The standard InChI is InChI=1S/C15H21NO5/c1-11(13(20-3)9-14(17)18)16(2)15(19)21-10-12-7-5-4-6-8-12/h4-8,11,13H,9-10H2,1-3H3,(H,17,18)/t11-,13+/m0/s1. The summed E-state index contributed by atoms with van der Waals surface area (Å²) in [6, 6.07) is 8.92. The minimum absolute atomic E-state index is 0.173. The van der Waals surface area contributed by atoms with Crippen molar-refractivity contribution in [2.45, 2.75) is 32.1 Å². The molecule has 0 unspecified atom stereocenters. The van der Waals surface area contributed by atoms with Gasteiger partial charge in [0, 0.05) is 14.2 Å². The molecule has 0 saturated carbocycles. The lowest BCUT2D eigenvalue weighted by molar-refractivity contribution is -0.140. The molecule has 1 aromatic rings. The van der Waals surface area contributed by atoms with Gasteiger partial charge in [0.2, 0.25) is 0 Å². The normalized spacial score (nSPS) is 13.3. The molecule has 0 bridgehead atoms. The molecule has 116 valence electrons. The predicted molar refractivity (Wildman–Crippen MR) is 76.9 cm³/mol. The van der Waals surface area contributed by atoms with Gasteiger partial charge in [0.05, 0.1) is 18.6 Å². The fraction of sp³-hybridized carbons (Fsp3) is 0.467. The highest BCUT2D eigenvalue weighted by molar-refractivity contribution is 5.69. The van der Waals surface area contributed by atoms with Gasteiger partial charge in [0.1, 0.15) is 6.61 Å². The van der Waals surface area contributed by atoms with Crippen molar-refractivity contribution in [1.29, 1.82) is 0 Å². The molecule has 0 radical (unpaired) electrons. The van der Waals surface area contributed by atoms with Gasteiger partial charge < -0.3 is 19.5 Å². The molecule has 6 heteroatoms. The van der Waals surface area contributed by atoms with Gasteiger partial charge in [-0.05, 0) is 12.5 Å². The van der Waals surface area contributed by atoms with Gasteiger partial charge in [-0.2, -0.15) is 0 Å². The van der Waals surface area contributed by atoms with Crippen molar-refractivity contribution in [3.05, 3.63) is 35.9 Å². The quantitative estimate of drug-likeness (QED) is 0.834. The van der Waals surface area contributed by atoms with Crippen molar-refractivity contribution in [3.8, 4) is 0 Å². The Hall–Kier alpha value is -2.08. The molecule has 1 aromatic carbocycles. The fourth-order valence-electron chi connectivity index (χ4n) is 1.86. The first kappa shape index (κ1) is 17.0. The summed E-state index contributed by atoms with van der Waals surface area (Å²) < 4.78 is 10.3. The van der Waals surface area contributed by atoms with Crippen LogP contribution in [0.4, 0.5) is 4.79 Å². The summed E-state index contributed by atoms with van der Waals surface area (Å²) in [6.07, 6.45) is -1.27. The molecular formula is C15H21NO5. The van der Waals surface area contributed by atoms with Gasteiger partial charge in [-0.15, -0.1) is 0 Å². The van der Waals surface area contributed by atoms with E-state index in [4.69, 9.17) is 14.6 Å². The molecule has 6 nitrogen and oxygen atoms in total. The van der Waals surface area contributed by atoms with Crippen LogP contribution in [0.15, 0.2) is 30.3 Å². The Morgan fingerprint density at radius 2 is 1.90 bits per heavy atom. The molecule has 2 atom stereocenters. The zero-order valence-corrected chi connectivity index (χ0v) is 12.5. The number of aliphatic carboxylic acids is 1. The van der Waals surface area contributed by atoms with Gasteiger partial charge in [-0.25, -0.2) is 4.79 Å². The minimum Gasteiger partial charge on any atom is -0.481 e. The lowest BCUT2D eigenvalue weighted by Crippen LogP contribution is -2.44. The minimum atomic E-state index is -0.972. The van der Waals surface area contributed by atoms with E-state index in [0.717, 1.165) is 5.56 Å². The van der Waals surface area contributed by atoms with E-state index in [1.54, 1.807) is 14.0 Å². The van der Waals surface area contributed by atoms with Gasteiger partial charge in [0.15, 0.2) is 0 Å². The third-order valence-corrected chi connectivity index (χ3v) is 3.32. The van der Waals surface area contributed by atoms with Crippen LogP contribution in [0.1, 0.15) is 18.9 Å². The molecule has 1 amide bonds. The molecule has 0 fully saturated rings. The number of carboxylic acid groups (broad SMARTS) is 1. The molecule has 0 heterocycles. The highest BCUT2D eigenvalue weighted by Gasteiger charge is 2.27. The lowest BCUT2D eigenvalue weighted by Gasteiger charge is -2.29. The third kappa shape index (κ3) is 5.43. The number of likely N-dealkylation sites (N-methyl/N-ethyl adjacent to an activating group) is 1. The predicted octanol–water partition coefficient (Wildman–Crippen LogP) is 2.13. The Bertz CT molecular complexity index is 462. The summed E-state index contributed by atoms with van der Waals surface area (Å²) in [5, 5.41) is 8.82. The van der Waals surface area contributed by atoms with Crippen molar-refractivity contribution in [2.24, 2.45) is 0 Å². The van der Waals surface area contributed by atoms with Crippen LogP contribution in [0.2, 0.25) is 0 Å². The van der Waals surface area contributed by atoms with Crippen molar-refractivity contribution >= 4 is 12.1 Å². The highest BCUT2D eigenvalue weighted by Crippen LogP contribution is 2.12.